The zero-order valence-corrected chi connectivity index (χ0v) is 70.5. The zero-order chi connectivity index (χ0) is 77.4. The number of carbonyl (C=O) groups is 3. The van der Waals surface area contributed by atoms with Crippen molar-refractivity contribution >= 4 is 110 Å². The van der Waals surface area contributed by atoms with Crippen molar-refractivity contribution in [2.75, 3.05) is 0 Å². The van der Waals surface area contributed by atoms with Crippen LogP contribution in [0.2, 0.25) is 40.2 Å². The molecule has 0 spiro atoms. The van der Waals surface area contributed by atoms with Gasteiger partial charge in [-0.05, 0) is 152 Å². The van der Waals surface area contributed by atoms with Crippen molar-refractivity contribution < 1.29 is 108 Å². The number of aromatic nitrogens is 6. The Morgan fingerprint density at radius 3 is 0.667 bits per heavy atom. The van der Waals surface area contributed by atoms with Crippen molar-refractivity contribution in [3.05, 3.63) is 355 Å². The molecule has 12 nitrogen and oxygen atoms in total. The maximum atomic E-state index is 13.4. The molecule has 6 aromatic carbocycles. The Morgan fingerprint density at radius 2 is 0.500 bits per heavy atom. The molecule has 0 atom stereocenters. The molecule has 12 aromatic rings. The van der Waals surface area contributed by atoms with Gasteiger partial charge >= 0.3 is 0 Å². The molecule has 27 heteroatoms. The smallest absolute Gasteiger partial charge is 0.155 e. The monoisotopic (exact) mass is 2150 g/mol. The molecule has 3 radical (unpaired) electrons. The molecule has 12 rings (SSSR count). The van der Waals surface area contributed by atoms with Gasteiger partial charge in [-0.1, -0.05) is 108 Å². The number of rotatable bonds is 9. The summed E-state index contributed by atoms with van der Waals surface area (Å²) in [5.74, 6) is -1.79. The average Bonchev–Trinajstić information content (AvgIpc) is 0.885. The van der Waals surface area contributed by atoms with Gasteiger partial charge < -0.3 is 45.2 Å². The third-order valence-corrected chi connectivity index (χ3v) is 14.0. The van der Waals surface area contributed by atoms with Gasteiger partial charge in [-0.2, -0.15) is 0 Å². The second-order valence-corrected chi connectivity index (χ2v) is 24.1. The molecule has 0 bridgehead atoms. The number of pyridine rings is 6. The maximum Gasteiger partial charge on any atom is 0.155 e. The first-order valence-electron chi connectivity index (χ1n) is 30.3. The molecule has 0 saturated heterocycles. The fourth-order valence-electron chi connectivity index (χ4n) is 7.79. The fraction of sp³-hybridized carbons (Fsp3) is 0.0741. The number of halogens is 12. The van der Waals surface area contributed by atoms with Crippen LogP contribution < -0.4 is 0 Å². The van der Waals surface area contributed by atoms with Crippen molar-refractivity contribution in [1.82, 2.24) is 29.9 Å². The van der Waals surface area contributed by atoms with E-state index in [4.69, 9.17) is 108 Å². The van der Waals surface area contributed by atoms with Crippen molar-refractivity contribution in [2.24, 2.45) is 0 Å². The Morgan fingerprint density at radius 1 is 0.306 bits per heavy atom. The molecule has 0 fully saturated rings. The number of carbonyl (C=O) groups excluding carboxylic acids is 3. The van der Waals surface area contributed by atoms with Gasteiger partial charge in [0, 0.05) is 139 Å². The number of nitrogens with zero attached hydrogens (tertiary/aromatic N) is 6. The van der Waals surface area contributed by atoms with E-state index >= 15 is 0 Å². The second kappa shape index (κ2) is 53.6. The molecule has 0 saturated carbocycles. The molecular formula is C81H60Cl8F4Ir3N6O6-6. The third-order valence-electron chi connectivity index (χ3n) is 11.9. The minimum atomic E-state index is -0.406. The minimum Gasteiger partial charge on any atom is -0.512 e. The molecule has 108 heavy (non-hydrogen) atoms. The molecule has 0 unspecified atom stereocenters. The predicted octanol–water partition coefficient (Wildman–Crippen LogP) is 24.2. The number of hydrogen-bond donors (Lipinski definition) is 3. The van der Waals surface area contributed by atoms with Crippen LogP contribution in [-0.2, 0) is 74.7 Å². The topological polar surface area (TPSA) is 189 Å². The molecule has 567 valence electrons. The van der Waals surface area contributed by atoms with E-state index < -0.39 is 23.3 Å². The van der Waals surface area contributed by atoms with Crippen LogP contribution in [0.5, 0.6) is 0 Å². The molecule has 3 N–H and O–H groups in total. The van der Waals surface area contributed by atoms with Gasteiger partial charge in [-0.3, -0.25) is 31.9 Å². The Balaban J connectivity index is 0.000000613. The van der Waals surface area contributed by atoms with Gasteiger partial charge in [-0.25, -0.2) is 0 Å². The normalized spacial score (nSPS) is 10.1. The van der Waals surface area contributed by atoms with E-state index in [-0.39, 0.29) is 94.9 Å². The standard InChI is InChI=1S/2C11H6Cl2N.4C11H6ClFN.3C5H8O2.3Ir/c2*12-8-4-5-9(10(13)7-8)11-3-1-2-6-14-11;2*12-10-7-8(13)4-5-9(10)11-3-1-2-6-14-11;2*12-8-4-5-9(10(13)7-8)11-3-1-2-6-14-11;3*1-4(6)3-5(2)7;;;/h6*1-4,6-7H;3*3,6H,1-2H3;;;/q6*-1;;;;;;. The Labute approximate surface area is 704 Å². The number of ketones is 3. The van der Waals surface area contributed by atoms with Gasteiger partial charge in [-0.15, -0.1) is 200 Å². The Kier molecular flexibility index (Phi) is 48.6. The first kappa shape index (κ1) is 97.8. The van der Waals surface area contributed by atoms with Gasteiger partial charge in [0.25, 0.3) is 0 Å². The molecule has 6 heterocycles. The van der Waals surface area contributed by atoms with Crippen molar-refractivity contribution in [3.63, 3.8) is 0 Å². The zero-order valence-electron chi connectivity index (χ0n) is 57.3. The van der Waals surface area contributed by atoms with Crippen molar-refractivity contribution in [2.45, 2.75) is 41.5 Å². The molecule has 0 aliphatic carbocycles. The summed E-state index contributed by atoms with van der Waals surface area (Å²) in [6.07, 6.45) is 13.5. The number of aliphatic hydroxyl groups is 3. The number of aliphatic hydroxyl groups excluding tert-OH is 3. The quantitative estimate of drug-likeness (QED) is 0.0538. The summed E-state index contributed by atoms with van der Waals surface area (Å²) in [6, 6.07) is 67.0. The third kappa shape index (κ3) is 38.8. The summed E-state index contributed by atoms with van der Waals surface area (Å²) in [6.45, 7) is 8.54. The largest absolute Gasteiger partial charge is 0.512 e. The number of allylic oxidation sites excluding steroid dienone is 6. The van der Waals surface area contributed by atoms with E-state index in [2.05, 4.69) is 66.3 Å². The Hall–Kier alpha value is -8.16. The van der Waals surface area contributed by atoms with E-state index in [0.717, 1.165) is 22.5 Å². The summed E-state index contributed by atoms with van der Waals surface area (Å²) in [5.41, 5.74) is 7.57. The van der Waals surface area contributed by atoms with Crippen LogP contribution in [-0.4, -0.2) is 62.6 Å². The van der Waals surface area contributed by atoms with Gasteiger partial charge in [0.2, 0.25) is 0 Å². The molecule has 0 aliphatic rings. The van der Waals surface area contributed by atoms with E-state index in [0.29, 0.717) is 85.2 Å². The van der Waals surface area contributed by atoms with E-state index in [1.165, 1.54) is 108 Å². The minimum absolute atomic E-state index is 0. The fourth-order valence-corrected chi connectivity index (χ4v) is 9.58. The van der Waals surface area contributed by atoms with E-state index in [9.17, 15) is 31.9 Å². The second-order valence-electron chi connectivity index (χ2n) is 20.7. The first-order chi connectivity index (χ1) is 50.0. The molecule has 6 aromatic heterocycles. The van der Waals surface area contributed by atoms with Crippen LogP contribution >= 0.6 is 92.8 Å². The van der Waals surface area contributed by atoms with Gasteiger partial charge in [0.05, 0.1) is 17.3 Å². The van der Waals surface area contributed by atoms with E-state index in [1.54, 1.807) is 122 Å². The molecule has 0 aliphatic heterocycles. The van der Waals surface area contributed by atoms with Crippen molar-refractivity contribution in [1.29, 1.82) is 0 Å². The maximum absolute atomic E-state index is 13.4. The number of benzene rings is 6. The van der Waals surface area contributed by atoms with Crippen LogP contribution in [0, 0.1) is 59.7 Å². The number of hydrogen-bond acceptors (Lipinski definition) is 12. The van der Waals surface area contributed by atoms with Crippen molar-refractivity contribution in [3.8, 4) is 67.5 Å². The summed E-state index contributed by atoms with van der Waals surface area (Å²) in [7, 11) is 0. The van der Waals surface area contributed by atoms with Crippen LogP contribution in [0.1, 0.15) is 41.5 Å². The summed E-state index contributed by atoms with van der Waals surface area (Å²) in [5, 5.41) is 28.7. The summed E-state index contributed by atoms with van der Waals surface area (Å²) in [4.78, 5) is 54.7. The Bertz CT molecular complexity index is 4080. The summed E-state index contributed by atoms with van der Waals surface area (Å²) < 4.78 is 52.2. The summed E-state index contributed by atoms with van der Waals surface area (Å²) >= 11 is 46.5. The van der Waals surface area contributed by atoms with Crippen LogP contribution in [0.15, 0.2) is 255 Å². The van der Waals surface area contributed by atoms with Crippen LogP contribution in [0.25, 0.3) is 67.5 Å². The SMILES string of the molecule is CC(=O)C=C(C)O.CC(=O)C=C(C)O.CC(=O)C=C(C)O.Clc1c[c-]c(-c2ccccn2)c(Cl)c1.Clc1c[c-]c(-c2ccccn2)c(Cl)c1.Fc1c[c-]c(-c2ccccn2)c(Cl)c1.Fc1c[c-]c(-c2ccccn2)c(Cl)c1.Fc1cc(Cl)c[c-]c1-c1ccccn1.Fc1cc(Cl)c[c-]c1-c1ccccn1.[Ir].[Ir].[Ir]. The van der Waals surface area contributed by atoms with Crippen LogP contribution in [0.3, 0.4) is 0 Å². The van der Waals surface area contributed by atoms with Crippen LogP contribution in [0.4, 0.5) is 17.6 Å². The van der Waals surface area contributed by atoms with E-state index in [1.807, 2.05) is 48.5 Å². The van der Waals surface area contributed by atoms with Gasteiger partial charge in [0.15, 0.2) is 17.3 Å². The van der Waals surface area contributed by atoms with Gasteiger partial charge in [0.1, 0.15) is 0 Å². The molecule has 0 amide bonds. The average molecular weight is 2150 g/mol. The molecular weight excluding hydrogens is 2090 g/mol. The predicted molar refractivity (Wildman–Crippen MR) is 412 cm³/mol. The first-order valence-corrected chi connectivity index (χ1v) is 33.4.